The average Bonchev–Trinajstić information content (AvgIpc) is 2.62. The first-order valence-corrected chi connectivity index (χ1v) is 12.3. The summed E-state index contributed by atoms with van der Waals surface area (Å²) in [5, 5.41) is 0. The van der Waals surface area contributed by atoms with E-state index in [0.717, 1.165) is 19.3 Å². The van der Waals surface area contributed by atoms with Crippen LogP contribution in [0, 0.1) is 0 Å². The first-order valence-electron chi connectivity index (χ1n) is 10.6. The van der Waals surface area contributed by atoms with E-state index >= 15 is 0 Å². The molecule has 0 aliphatic heterocycles. The minimum Gasteiger partial charge on any atom is -0.398 e. The Labute approximate surface area is 161 Å². The number of nitrogens with two attached hydrogens (primary N) is 1. The number of hydrogen-bond donors (Lipinski definition) is 1. The van der Waals surface area contributed by atoms with Crippen LogP contribution in [0.3, 0.4) is 0 Å². The van der Waals surface area contributed by atoms with E-state index in [-0.39, 0.29) is 10.6 Å². The molecule has 0 amide bonds. The van der Waals surface area contributed by atoms with Crippen LogP contribution in [0.1, 0.15) is 96.8 Å². The van der Waals surface area contributed by atoms with Crippen molar-refractivity contribution < 1.29 is 8.42 Å². The Bertz CT molecular complexity index is 569. The van der Waals surface area contributed by atoms with Crippen molar-refractivity contribution in [3.05, 3.63) is 24.3 Å². The van der Waals surface area contributed by atoms with Gasteiger partial charge in [-0.05, 0) is 18.6 Å². The maximum atomic E-state index is 12.3. The molecule has 150 valence electrons. The Balaban J connectivity index is 1.96. The second kappa shape index (κ2) is 14.1. The van der Waals surface area contributed by atoms with E-state index in [1.54, 1.807) is 24.3 Å². The first-order chi connectivity index (χ1) is 12.6. The van der Waals surface area contributed by atoms with Crippen molar-refractivity contribution in [2.75, 3.05) is 11.5 Å². The van der Waals surface area contributed by atoms with Gasteiger partial charge in [0.1, 0.15) is 0 Å². The highest BCUT2D eigenvalue weighted by Gasteiger charge is 2.16. The van der Waals surface area contributed by atoms with E-state index in [0.29, 0.717) is 5.69 Å². The number of benzene rings is 1. The van der Waals surface area contributed by atoms with Crippen LogP contribution in [-0.4, -0.2) is 14.2 Å². The fraction of sp³-hybridized carbons (Fsp3) is 0.727. The molecule has 0 saturated heterocycles. The fourth-order valence-electron chi connectivity index (χ4n) is 3.36. The lowest BCUT2D eigenvalue weighted by atomic mass is 10.0. The topological polar surface area (TPSA) is 60.2 Å². The molecule has 0 unspecified atom stereocenters. The normalized spacial score (nSPS) is 11.7. The second-order valence-electron chi connectivity index (χ2n) is 7.45. The molecule has 0 bridgehead atoms. The lowest BCUT2D eigenvalue weighted by molar-refractivity contribution is 0.537. The molecule has 1 rings (SSSR count). The number of unbranched alkanes of at least 4 members (excludes halogenated alkanes) is 13. The summed E-state index contributed by atoms with van der Waals surface area (Å²) < 4.78 is 24.6. The second-order valence-corrected chi connectivity index (χ2v) is 9.53. The molecule has 2 N–H and O–H groups in total. The van der Waals surface area contributed by atoms with Gasteiger partial charge in [-0.1, -0.05) is 103 Å². The van der Waals surface area contributed by atoms with E-state index in [1.165, 1.54) is 70.6 Å². The zero-order chi connectivity index (χ0) is 19.1. The molecule has 4 heteroatoms. The van der Waals surface area contributed by atoms with Crippen LogP contribution in [0.15, 0.2) is 29.2 Å². The number of para-hydroxylation sites is 1. The fourth-order valence-corrected chi connectivity index (χ4v) is 4.88. The molecule has 0 aromatic heterocycles. The molecule has 0 spiro atoms. The zero-order valence-electron chi connectivity index (χ0n) is 16.7. The van der Waals surface area contributed by atoms with Gasteiger partial charge in [-0.25, -0.2) is 8.42 Å². The van der Waals surface area contributed by atoms with Crippen LogP contribution in [0.4, 0.5) is 5.69 Å². The summed E-state index contributed by atoms with van der Waals surface area (Å²) in [6.07, 6.45) is 17.8. The Kier molecular flexibility index (Phi) is 12.5. The Morgan fingerprint density at radius 3 is 1.58 bits per heavy atom. The summed E-state index contributed by atoms with van der Waals surface area (Å²) in [5.41, 5.74) is 6.14. The van der Waals surface area contributed by atoms with Gasteiger partial charge < -0.3 is 5.73 Å². The molecule has 0 atom stereocenters. The lowest BCUT2D eigenvalue weighted by Gasteiger charge is -2.07. The molecule has 26 heavy (non-hydrogen) atoms. The Morgan fingerprint density at radius 2 is 1.12 bits per heavy atom. The zero-order valence-corrected chi connectivity index (χ0v) is 17.5. The van der Waals surface area contributed by atoms with Crippen LogP contribution < -0.4 is 5.73 Å². The highest BCUT2D eigenvalue weighted by molar-refractivity contribution is 7.91. The van der Waals surface area contributed by atoms with Crippen molar-refractivity contribution in [1.29, 1.82) is 0 Å². The van der Waals surface area contributed by atoms with E-state index in [9.17, 15) is 8.42 Å². The molecule has 3 nitrogen and oxygen atoms in total. The van der Waals surface area contributed by atoms with Crippen molar-refractivity contribution in [2.24, 2.45) is 0 Å². The summed E-state index contributed by atoms with van der Waals surface area (Å²) in [4.78, 5) is 0.287. The number of nitrogen functional groups attached to an aromatic ring is 1. The van der Waals surface area contributed by atoms with Gasteiger partial charge in [-0.2, -0.15) is 0 Å². The van der Waals surface area contributed by atoms with Crippen molar-refractivity contribution >= 4 is 15.5 Å². The predicted molar refractivity (Wildman–Crippen MR) is 113 cm³/mol. The monoisotopic (exact) mass is 381 g/mol. The molecule has 1 aromatic carbocycles. The molecule has 1 aromatic rings. The Hall–Kier alpha value is -1.03. The van der Waals surface area contributed by atoms with Crippen molar-refractivity contribution in [2.45, 2.75) is 102 Å². The molecule has 0 aliphatic carbocycles. The van der Waals surface area contributed by atoms with Crippen LogP contribution in [0.2, 0.25) is 0 Å². The van der Waals surface area contributed by atoms with E-state index in [1.807, 2.05) is 0 Å². The molecule has 0 saturated carbocycles. The summed E-state index contributed by atoms with van der Waals surface area (Å²) in [5.74, 6) is 0.208. The maximum Gasteiger partial charge on any atom is 0.180 e. The third kappa shape index (κ3) is 10.2. The molecule has 0 aliphatic rings. The summed E-state index contributed by atoms with van der Waals surface area (Å²) >= 11 is 0. The molecular formula is C22H39NO2S. The molecule has 0 fully saturated rings. The highest BCUT2D eigenvalue weighted by atomic mass is 32.2. The summed E-state index contributed by atoms with van der Waals surface area (Å²) in [6, 6.07) is 6.75. The van der Waals surface area contributed by atoms with Crippen LogP contribution in [-0.2, 0) is 9.84 Å². The van der Waals surface area contributed by atoms with Gasteiger partial charge in [0, 0.05) is 0 Å². The third-order valence-corrected chi connectivity index (χ3v) is 6.89. The van der Waals surface area contributed by atoms with E-state index < -0.39 is 9.84 Å². The number of rotatable bonds is 16. The number of sulfone groups is 1. The van der Waals surface area contributed by atoms with E-state index in [2.05, 4.69) is 6.92 Å². The Morgan fingerprint density at radius 1 is 0.692 bits per heavy atom. The maximum absolute atomic E-state index is 12.3. The average molecular weight is 382 g/mol. The lowest BCUT2D eigenvalue weighted by Crippen LogP contribution is -2.09. The van der Waals surface area contributed by atoms with Gasteiger partial charge in [-0.15, -0.1) is 0 Å². The van der Waals surface area contributed by atoms with Crippen LogP contribution >= 0.6 is 0 Å². The van der Waals surface area contributed by atoms with Crippen LogP contribution in [0.25, 0.3) is 0 Å². The quantitative estimate of drug-likeness (QED) is 0.262. The standard InChI is InChI=1S/C22H39NO2S/c1-2-3-4-5-6-7-8-9-10-11-12-13-14-17-20-26(24,25)22-19-16-15-18-21(22)23/h15-16,18-19H,2-14,17,20,23H2,1H3. The largest absolute Gasteiger partial charge is 0.398 e. The van der Waals surface area contributed by atoms with E-state index in [4.69, 9.17) is 5.73 Å². The van der Waals surface area contributed by atoms with Crippen molar-refractivity contribution in [3.63, 3.8) is 0 Å². The van der Waals surface area contributed by atoms with Gasteiger partial charge >= 0.3 is 0 Å². The van der Waals surface area contributed by atoms with Gasteiger partial charge in [-0.3, -0.25) is 0 Å². The smallest absolute Gasteiger partial charge is 0.180 e. The summed E-state index contributed by atoms with van der Waals surface area (Å²) in [6.45, 7) is 2.26. The minimum absolute atomic E-state index is 0.208. The van der Waals surface area contributed by atoms with Crippen molar-refractivity contribution in [1.82, 2.24) is 0 Å². The minimum atomic E-state index is -3.23. The SMILES string of the molecule is CCCCCCCCCCCCCCCCS(=O)(=O)c1ccccc1N. The van der Waals surface area contributed by atoms with Gasteiger partial charge in [0.05, 0.1) is 16.3 Å². The molecule has 0 heterocycles. The van der Waals surface area contributed by atoms with Gasteiger partial charge in [0.15, 0.2) is 9.84 Å². The first kappa shape index (κ1) is 23.0. The number of anilines is 1. The molecular weight excluding hydrogens is 342 g/mol. The van der Waals surface area contributed by atoms with Gasteiger partial charge in [0.2, 0.25) is 0 Å². The summed E-state index contributed by atoms with van der Waals surface area (Å²) in [7, 11) is -3.23. The van der Waals surface area contributed by atoms with Gasteiger partial charge in [0.25, 0.3) is 0 Å². The number of hydrogen-bond acceptors (Lipinski definition) is 3. The third-order valence-electron chi connectivity index (χ3n) is 5.02. The van der Waals surface area contributed by atoms with Crippen LogP contribution in [0.5, 0.6) is 0 Å². The highest BCUT2D eigenvalue weighted by Crippen LogP contribution is 2.20. The predicted octanol–water partition coefficient (Wildman–Crippen LogP) is 6.52. The van der Waals surface area contributed by atoms with Crippen molar-refractivity contribution in [3.8, 4) is 0 Å². The molecule has 0 radical (unpaired) electrons.